The lowest BCUT2D eigenvalue weighted by Gasteiger charge is -2.31. The van der Waals surface area contributed by atoms with Crippen LogP contribution in [0, 0.1) is 0 Å². The van der Waals surface area contributed by atoms with Crippen LogP contribution in [0.2, 0.25) is 0 Å². The molecule has 1 atom stereocenters. The minimum Gasteiger partial charge on any atom is -0.310 e. The van der Waals surface area contributed by atoms with Crippen LogP contribution < -0.4 is 4.90 Å². The zero-order valence-corrected chi connectivity index (χ0v) is 26.7. The maximum Gasteiger partial charge on any atom is 0.0734 e. The molecule has 0 aliphatic heterocycles. The molecule has 1 heterocycles. The molecule has 1 unspecified atom stereocenters. The molecule has 6 aromatic carbocycles. The second-order valence-corrected chi connectivity index (χ2v) is 13.8. The first kappa shape index (κ1) is 26.1. The van der Waals surface area contributed by atoms with E-state index in [9.17, 15) is 0 Å². The number of rotatable bonds is 5. The third kappa shape index (κ3) is 3.20. The molecule has 0 amide bonds. The molecule has 1 nitrogen and oxygen atoms in total. The fourth-order valence-corrected chi connectivity index (χ4v) is 9.80. The summed E-state index contributed by atoms with van der Waals surface area (Å²) >= 11 is 1.87. The van der Waals surface area contributed by atoms with Crippen molar-refractivity contribution >= 4 is 54.1 Å². The van der Waals surface area contributed by atoms with Crippen LogP contribution in [0.5, 0.6) is 0 Å². The van der Waals surface area contributed by atoms with E-state index in [-0.39, 0.29) is 5.41 Å². The first-order chi connectivity index (χ1) is 22.7. The van der Waals surface area contributed by atoms with Crippen LogP contribution in [0.25, 0.3) is 48.0 Å². The Morgan fingerprint density at radius 2 is 1.24 bits per heavy atom. The zero-order valence-electron chi connectivity index (χ0n) is 25.8. The Morgan fingerprint density at radius 1 is 0.587 bits per heavy atom. The van der Waals surface area contributed by atoms with Gasteiger partial charge in [-0.1, -0.05) is 97.9 Å². The van der Waals surface area contributed by atoms with Gasteiger partial charge in [0.1, 0.15) is 0 Å². The molecule has 0 fully saturated rings. The Labute approximate surface area is 273 Å². The first-order valence-electron chi connectivity index (χ1n) is 16.3. The van der Waals surface area contributed by atoms with Crippen molar-refractivity contribution in [2.75, 3.05) is 4.90 Å². The summed E-state index contributed by atoms with van der Waals surface area (Å²) in [7, 11) is 0. The van der Waals surface area contributed by atoms with E-state index in [4.69, 9.17) is 0 Å². The molecular formula is C44H31NS. The topological polar surface area (TPSA) is 3.24 Å². The summed E-state index contributed by atoms with van der Waals surface area (Å²) in [6.45, 7) is 4.57. The summed E-state index contributed by atoms with van der Waals surface area (Å²) in [6.07, 6.45) is 5.79. The van der Waals surface area contributed by atoms with Crippen molar-refractivity contribution in [3.8, 4) is 22.3 Å². The van der Waals surface area contributed by atoms with Gasteiger partial charge in [0.2, 0.25) is 0 Å². The van der Waals surface area contributed by atoms with E-state index in [1.54, 1.807) is 0 Å². The maximum atomic E-state index is 2.51. The molecule has 2 heteroatoms. The van der Waals surface area contributed by atoms with E-state index in [2.05, 4.69) is 158 Å². The smallest absolute Gasteiger partial charge is 0.0734 e. The number of nitrogens with zero attached hydrogens (tertiary/aromatic N) is 1. The molecule has 0 radical (unpaired) electrons. The molecule has 1 spiro atoms. The van der Waals surface area contributed by atoms with Gasteiger partial charge in [0.05, 0.1) is 5.41 Å². The number of anilines is 3. The minimum atomic E-state index is -0.297. The van der Waals surface area contributed by atoms with Gasteiger partial charge in [-0.2, -0.15) is 0 Å². The molecule has 10 rings (SSSR count). The Hall–Kier alpha value is -5.18. The maximum absolute atomic E-state index is 2.51. The lowest BCUT2D eigenvalue weighted by molar-refractivity contribution is 0.809. The molecule has 3 aliphatic rings. The van der Waals surface area contributed by atoms with E-state index in [1.807, 2.05) is 11.3 Å². The Kier molecular flexibility index (Phi) is 5.34. The Bertz CT molecular complexity index is 2480. The molecule has 0 bridgehead atoms. The predicted octanol–water partition coefficient (Wildman–Crippen LogP) is 12.6. The SMILES string of the molecule is CC/C=C\C1=C(C)c2cccc3c2C12c1cc(N(c4ccccc4)c4ccc5sc6ccccc6c5c4)ccc1-c1cccc-3c12. The highest BCUT2D eigenvalue weighted by molar-refractivity contribution is 7.25. The normalized spacial score (nSPS) is 16.9. The fourth-order valence-electron chi connectivity index (χ4n) is 8.71. The van der Waals surface area contributed by atoms with Crippen molar-refractivity contribution in [2.45, 2.75) is 25.7 Å². The van der Waals surface area contributed by atoms with Crippen molar-refractivity contribution in [3.63, 3.8) is 0 Å². The average molecular weight is 606 g/mol. The van der Waals surface area contributed by atoms with Crippen LogP contribution in [0.1, 0.15) is 42.5 Å². The number of fused-ring (bicyclic) bond motifs is 6. The van der Waals surface area contributed by atoms with Gasteiger partial charge in [-0.05, 0) is 118 Å². The monoisotopic (exact) mass is 605 g/mol. The van der Waals surface area contributed by atoms with Gasteiger partial charge in [0, 0.05) is 37.2 Å². The molecule has 46 heavy (non-hydrogen) atoms. The van der Waals surface area contributed by atoms with E-state index < -0.39 is 0 Å². The van der Waals surface area contributed by atoms with Gasteiger partial charge < -0.3 is 4.90 Å². The molecule has 1 aromatic heterocycles. The second-order valence-electron chi connectivity index (χ2n) is 12.7. The Morgan fingerprint density at radius 3 is 2.04 bits per heavy atom. The summed E-state index contributed by atoms with van der Waals surface area (Å²) in [5.74, 6) is 0. The van der Waals surface area contributed by atoms with Gasteiger partial charge in [-0.25, -0.2) is 0 Å². The molecule has 0 saturated carbocycles. The Balaban J connectivity index is 1.26. The lowest BCUT2D eigenvalue weighted by Crippen LogP contribution is -2.24. The van der Waals surface area contributed by atoms with Gasteiger partial charge in [0.15, 0.2) is 0 Å². The van der Waals surface area contributed by atoms with Crippen LogP contribution in [-0.4, -0.2) is 0 Å². The quantitative estimate of drug-likeness (QED) is 0.189. The van der Waals surface area contributed by atoms with Gasteiger partial charge in [-0.3, -0.25) is 0 Å². The number of hydrogen-bond donors (Lipinski definition) is 0. The molecular weight excluding hydrogens is 575 g/mol. The summed E-state index contributed by atoms with van der Waals surface area (Å²) in [4.78, 5) is 2.45. The molecule has 0 N–H and O–H groups in total. The number of thiophene rings is 1. The van der Waals surface area contributed by atoms with Crippen LogP contribution in [0.15, 0.2) is 145 Å². The van der Waals surface area contributed by atoms with Crippen molar-refractivity contribution in [1.29, 1.82) is 0 Å². The summed E-state index contributed by atoms with van der Waals surface area (Å²) in [5, 5.41) is 2.63. The highest BCUT2D eigenvalue weighted by Gasteiger charge is 2.57. The van der Waals surface area contributed by atoms with Crippen molar-refractivity contribution in [2.24, 2.45) is 0 Å². The number of benzene rings is 6. The third-order valence-electron chi connectivity index (χ3n) is 10.5. The summed E-state index contributed by atoms with van der Waals surface area (Å²) in [5.41, 5.74) is 17.3. The average Bonchev–Trinajstić information content (AvgIpc) is 3.79. The number of hydrogen-bond acceptors (Lipinski definition) is 2. The fraction of sp³-hybridized carbons (Fsp3) is 0.0909. The number of allylic oxidation sites excluding steroid dienone is 4. The largest absolute Gasteiger partial charge is 0.310 e. The molecule has 7 aromatic rings. The van der Waals surface area contributed by atoms with Crippen LogP contribution in [0.3, 0.4) is 0 Å². The lowest BCUT2D eigenvalue weighted by atomic mass is 9.72. The standard InChI is InChI=1S/C44H31NS/c1-3-4-19-38-27(2)31-15-10-17-35-36-18-11-16-34-32-23-21-30(26-39(32)44(38,42(31)35)43(34)36)45(28-12-6-5-7-13-28)29-22-24-41-37(25-29)33-14-8-9-20-40(33)46-41/h4-26H,3H2,1-2H3/b19-4-. The van der Waals surface area contributed by atoms with E-state index >= 15 is 0 Å². The minimum absolute atomic E-state index is 0.297. The van der Waals surface area contributed by atoms with Crippen molar-refractivity contribution in [1.82, 2.24) is 0 Å². The molecule has 0 saturated heterocycles. The molecule has 3 aliphatic carbocycles. The highest BCUT2D eigenvalue weighted by Crippen LogP contribution is 2.69. The van der Waals surface area contributed by atoms with Crippen molar-refractivity contribution < 1.29 is 0 Å². The third-order valence-corrected chi connectivity index (χ3v) is 11.6. The summed E-state index contributed by atoms with van der Waals surface area (Å²) < 4.78 is 2.65. The molecule has 218 valence electrons. The zero-order chi connectivity index (χ0) is 30.6. The van der Waals surface area contributed by atoms with Crippen LogP contribution in [-0.2, 0) is 5.41 Å². The second kappa shape index (κ2) is 9.42. The van der Waals surface area contributed by atoms with E-state index in [0.717, 1.165) is 12.1 Å². The predicted molar refractivity (Wildman–Crippen MR) is 197 cm³/mol. The van der Waals surface area contributed by atoms with Gasteiger partial charge in [-0.15, -0.1) is 11.3 Å². The first-order valence-corrected chi connectivity index (χ1v) is 17.1. The van der Waals surface area contributed by atoms with Crippen LogP contribution in [0.4, 0.5) is 17.1 Å². The number of para-hydroxylation sites is 1. The van der Waals surface area contributed by atoms with Gasteiger partial charge in [0.25, 0.3) is 0 Å². The van der Waals surface area contributed by atoms with Gasteiger partial charge >= 0.3 is 0 Å². The highest BCUT2D eigenvalue weighted by atomic mass is 32.1. The van der Waals surface area contributed by atoms with E-state index in [0.29, 0.717) is 0 Å². The van der Waals surface area contributed by atoms with Crippen LogP contribution >= 0.6 is 11.3 Å². The van der Waals surface area contributed by atoms with Crippen molar-refractivity contribution in [3.05, 3.63) is 167 Å². The summed E-state index contributed by atoms with van der Waals surface area (Å²) in [6, 6.07) is 47.7. The van der Waals surface area contributed by atoms with E-state index in [1.165, 1.54) is 87.2 Å².